The van der Waals surface area contributed by atoms with Gasteiger partial charge in [-0.05, 0) is 80.0 Å². The summed E-state index contributed by atoms with van der Waals surface area (Å²) in [6, 6.07) is 0. The second-order valence-corrected chi connectivity index (χ2v) is 9.18. The highest BCUT2D eigenvalue weighted by Crippen LogP contribution is 2.57. The predicted molar refractivity (Wildman–Crippen MR) is 96.7 cm³/mol. The quantitative estimate of drug-likeness (QED) is 0.501. The van der Waals surface area contributed by atoms with Crippen molar-refractivity contribution in [1.29, 1.82) is 0 Å². The van der Waals surface area contributed by atoms with Gasteiger partial charge in [-0.1, -0.05) is 57.9 Å². The summed E-state index contributed by atoms with van der Waals surface area (Å²) in [5.74, 6) is 4.31. The Balaban J connectivity index is 1.81. The van der Waals surface area contributed by atoms with Gasteiger partial charge in [0.05, 0.1) is 0 Å². The summed E-state index contributed by atoms with van der Waals surface area (Å²) in [6.07, 6.45) is 15.0. The van der Waals surface area contributed by atoms with Crippen LogP contribution in [0.4, 0.5) is 0 Å². The number of fused-ring (bicyclic) bond motifs is 1. The van der Waals surface area contributed by atoms with Crippen molar-refractivity contribution in [2.24, 2.45) is 35.0 Å². The van der Waals surface area contributed by atoms with Crippen LogP contribution >= 0.6 is 0 Å². The molecule has 4 unspecified atom stereocenters. The summed E-state index contributed by atoms with van der Waals surface area (Å²) in [5.41, 5.74) is 4.10. The Hall–Kier alpha value is -0.520. The second kappa shape index (κ2) is 6.17. The molecule has 0 aliphatic heterocycles. The molecule has 3 aliphatic carbocycles. The maximum Gasteiger partial charge on any atom is -0.0143 e. The first-order chi connectivity index (χ1) is 10.4. The van der Waals surface area contributed by atoms with E-state index in [1.807, 2.05) is 0 Å². The Morgan fingerprint density at radius 3 is 2.50 bits per heavy atom. The third kappa shape index (κ3) is 2.83. The molecule has 0 nitrogen and oxygen atoms in total. The van der Waals surface area contributed by atoms with E-state index in [2.05, 4.69) is 46.8 Å². The minimum Gasteiger partial charge on any atom is -0.0669 e. The fourth-order valence-electron chi connectivity index (χ4n) is 5.81. The number of hydrogen-bond donors (Lipinski definition) is 0. The van der Waals surface area contributed by atoms with E-state index in [0.29, 0.717) is 5.41 Å². The fraction of sp³-hybridized carbons (Fsp3) is 0.818. The molecule has 0 heterocycles. The summed E-state index contributed by atoms with van der Waals surface area (Å²) in [5, 5.41) is 0. The van der Waals surface area contributed by atoms with Crippen molar-refractivity contribution in [3.8, 4) is 0 Å². The molecule has 22 heavy (non-hydrogen) atoms. The van der Waals surface area contributed by atoms with Crippen LogP contribution in [-0.2, 0) is 0 Å². The molecule has 0 aromatic rings. The molecule has 0 spiro atoms. The Bertz CT molecular complexity index is 468. The zero-order chi connectivity index (χ0) is 15.9. The molecule has 0 N–H and O–H groups in total. The van der Waals surface area contributed by atoms with Gasteiger partial charge in [0.25, 0.3) is 0 Å². The van der Waals surface area contributed by atoms with E-state index in [1.165, 1.54) is 44.9 Å². The fourth-order valence-corrected chi connectivity index (χ4v) is 5.81. The van der Waals surface area contributed by atoms with E-state index in [4.69, 9.17) is 0 Å². The van der Waals surface area contributed by atoms with Gasteiger partial charge in [-0.25, -0.2) is 0 Å². The molecular weight excluding hydrogens is 264 g/mol. The Morgan fingerprint density at radius 1 is 1.00 bits per heavy atom. The van der Waals surface area contributed by atoms with Crippen LogP contribution in [0.1, 0.15) is 79.6 Å². The lowest BCUT2D eigenvalue weighted by Crippen LogP contribution is -2.32. The maximum absolute atomic E-state index is 2.57. The maximum atomic E-state index is 2.57. The first kappa shape index (κ1) is 16.3. The first-order valence-corrected chi connectivity index (χ1v) is 9.81. The van der Waals surface area contributed by atoms with Gasteiger partial charge in [0.1, 0.15) is 0 Å². The summed E-state index contributed by atoms with van der Waals surface area (Å²) in [4.78, 5) is 0. The van der Waals surface area contributed by atoms with Crippen LogP contribution in [0.15, 0.2) is 23.3 Å². The van der Waals surface area contributed by atoms with Gasteiger partial charge in [-0.15, -0.1) is 0 Å². The summed E-state index contributed by atoms with van der Waals surface area (Å²) in [6.45, 7) is 12.4. The van der Waals surface area contributed by atoms with E-state index in [9.17, 15) is 0 Å². The monoisotopic (exact) mass is 300 g/mol. The van der Waals surface area contributed by atoms with E-state index >= 15 is 0 Å². The van der Waals surface area contributed by atoms with Gasteiger partial charge in [-0.2, -0.15) is 0 Å². The molecule has 3 fully saturated rings. The van der Waals surface area contributed by atoms with Gasteiger partial charge in [0.2, 0.25) is 0 Å². The predicted octanol–water partition coefficient (Wildman–Crippen LogP) is 6.78. The summed E-state index contributed by atoms with van der Waals surface area (Å²) < 4.78 is 0. The van der Waals surface area contributed by atoms with Crippen molar-refractivity contribution in [2.45, 2.75) is 79.6 Å². The normalized spacial score (nSPS) is 49.6. The van der Waals surface area contributed by atoms with Crippen LogP contribution < -0.4 is 0 Å². The average Bonchev–Trinajstić information content (AvgIpc) is 2.77. The minimum absolute atomic E-state index is 0.599. The molecule has 3 aliphatic rings. The van der Waals surface area contributed by atoms with Gasteiger partial charge in [-0.3, -0.25) is 0 Å². The lowest BCUT2D eigenvalue weighted by atomic mass is 9.64. The number of hydrogen-bond acceptors (Lipinski definition) is 0. The van der Waals surface area contributed by atoms with Crippen LogP contribution in [-0.4, -0.2) is 0 Å². The lowest BCUT2D eigenvalue weighted by Gasteiger charge is -2.41. The van der Waals surface area contributed by atoms with Crippen molar-refractivity contribution in [1.82, 2.24) is 0 Å². The van der Waals surface area contributed by atoms with E-state index < -0.39 is 0 Å². The van der Waals surface area contributed by atoms with Crippen molar-refractivity contribution < 1.29 is 0 Å². The standard InChI is InChI=1S/C22H36/c1-15-13-16(2)18(4)20(14-15)10-9-19-7-6-12-22(5)17(3)8-11-21(19)22/h9-10,15-18,21H,6-8,11-14H2,1-5H3/t15-,16-,17?,18?,21?,22?/m0/s1. The van der Waals surface area contributed by atoms with Crippen molar-refractivity contribution in [2.75, 3.05) is 0 Å². The van der Waals surface area contributed by atoms with Crippen LogP contribution in [0.25, 0.3) is 0 Å². The largest absolute Gasteiger partial charge is 0.0669 e. The Labute approximate surface area is 138 Å². The summed E-state index contributed by atoms with van der Waals surface area (Å²) in [7, 11) is 0. The molecule has 6 atom stereocenters. The van der Waals surface area contributed by atoms with Crippen LogP contribution in [0.3, 0.4) is 0 Å². The van der Waals surface area contributed by atoms with Gasteiger partial charge in [0, 0.05) is 0 Å². The Kier molecular flexibility index (Phi) is 4.59. The zero-order valence-electron chi connectivity index (χ0n) is 15.5. The van der Waals surface area contributed by atoms with E-state index in [-0.39, 0.29) is 0 Å². The van der Waals surface area contributed by atoms with E-state index in [0.717, 1.165) is 29.6 Å². The minimum atomic E-state index is 0.599. The highest BCUT2D eigenvalue weighted by Gasteiger charge is 2.46. The molecule has 0 aromatic heterocycles. The molecule has 0 heteroatoms. The number of allylic oxidation sites excluding steroid dienone is 4. The third-order valence-corrected chi connectivity index (χ3v) is 7.75. The molecule has 124 valence electrons. The molecule has 0 bridgehead atoms. The molecule has 0 radical (unpaired) electrons. The van der Waals surface area contributed by atoms with Crippen molar-refractivity contribution in [3.63, 3.8) is 0 Å². The Morgan fingerprint density at radius 2 is 1.73 bits per heavy atom. The van der Waals surface area contributed by atoms with Crippen molar-refractivity contribution in [3.05, 3.63) is 23.3 Å². The third-order valence-electron chi connectivity index (χ3n) is 7.75. The van der Waals surface area contributed by atoms with Crippen LogP contribution in [0, 0.1) is 35.0 Å². The molecule has 3 rings (SSSR count). The van der Waals surface area contributed by atoms with Gasteiger partial charge < -0.3 is 0 Å². The topological polar surface area (TPSA) is 0 Å². The zero-order valence-corrected chi connectivity index (χ0v) is 15.5. The molecule has 0 amide bonds. The van der Waals surface area contributed by atoms with Crippen LogP contribution in [0.2, 0.25) is 0 Å². The molecular formula is C22H36. The highest BCUT2D eigenvalue weighted by atomic mass is 14.5. The highest BCUT2D eigenvalue weighted by molar-refractivity contribution is 5.26. The van der Waals surface area contributed by atoms with E-state index in [1.54, 1.807) is 11.1 Å². The molecule has 0 saturated heterocycles. The molecule has 0 aromatic carbocycles. The van der Waals surface area contributed by atoms with Gasteiger partial charge in [0.15, 0.2) is 0 Å². The smallest absolute Gasteiger partial charge is 0.0143 e. The first-order valence-electron chi connectivity index (χ1n) is 9.81. The van der Waals surface area contributed by atoms with Crippen molar-refractivity contribution >= 4 is 0 Å². The van der Waals surface area contributed by atoms with Crippen LogP contribution in [0.5, 0.6) is 0 Å². The molecule has 3 saturated carbocycles. The lowest BCUT2D eigenvalue weighted by molar-refractivity contribution is 0.147. The summed E-state index contributed by atoms with van der Waals surface area (Å²) >= 11 is 0. The second-order valence-electron chi connectivity index (χ2n) is 9.18. The average molecular weight is 301 g/mol. The number of rotatable bonds is 1. The van der Waals surface area contributed by atoms with Gasteiger partial charge >= 0.3 is 0 Å². The SMILES string of the molecule is CC1C(=CC=C2CCCC3(C)C(C)CCC23)C[C@@H](C)C[C@@H]1C.